The van der Waals surface area contributed by atoms with E-state index in [9.17, 15) is 13.2 Å². The Morgan fingerprint density at radius 3 is 2.70 bits per heavy atom. The smallest absolute Gasteiger partial charge is 0.348 e. The van der Waals surface area contributed by atoms with Gasteiger partial charge >= 0.3 is 5.97 Å². The van der Waals surface area contributed by atoms with Crippen molar-refractivity contribution in [2.45, 2.75) is 13.0 Å². The molecule has 2 rings (SSSR count). The summed E-state index contributed by atoms with van der Waals surface area (Å²) in [5, 5.41) is 0.555. The number of thiophene rings is 1. The minimum absolute atomic E-state index is 0.112. The summed E-state index contributed by atoms with van der Waals surface area (Å²) in [6.07, 6.45) is 1.63. The molecule has 0 radical (unpaired) electrons. The Morgan fingerprint density at radius 2 is 2.00 bits per heavy atom. The van der Waals surface area contributed by atoms with Crippen molar-refractivity contribution in [2.24, 2.45) is 0 Å². The summed E-state index contributed by atoms with van der Waals surface area (Å²) in [5.74, 6) is -0.419. The topological polar surface area (TPSA) is 72.5 Å². The van der Waals surface area contributed by atoms with Crippen LogP contribution in [0.1, 0.15) is 20.1 Å². The highest BCUT2D eigenvalue weighted by molar-refractivity contribution is 7.88. The maximum absolute atomic E-state index is 12.0. The molecule has 0 aliphatic carbocycles. The molecule has 1 N–H and O–H groups in total. The lowest BCUT2D eigenvalue weighted by Crippen LogP contribution is -2.23. The Morgan fingerprint density at radius 1 is 1.26 bits per heavy atom. The molecule has 0 bridgehead atoms. The van der Waals surface area contributed by atoms with Crippen molar-refractivity contribution < 1.29 is 17.9 Å². The van der Waals surface area contributed by atoms with Crippen LogP contribution in [-0.2, 0) is 27.8 Å². The molecule has 23 heavy (non-hydrogen) atoms. The molecule has 0 unspecified atom stereocenters. The van der Waals surface area contributed by atoms with Crippen LogP contribution in [0.5, 0.6) is 0 Å². The van der Waals surface area contributed by atoms with Crippen LogP contribution in [0.3, 0.4) is 0 Å². The van der Waals surface area contributed by atoms with Crippen molar-refractivity contribution in [2.75, 3.05) is 12.8 Å². The van der Waals surface area contributed by atoms with Crippen molar-refractivity contribution in [1.29, 1.82) is 0 Å². The van der Waals surface area contributed by atoms with Gasteiger partial charge in [-0.05, 0) is 24.6 Å². The molecule has 0 saturated carbocycles. The lowest BCUT2D eigenvalue weighted by atomic mass is 10.2. The van der Waals surface area contributed by atoms with Gasteiger partial charge in [0, 0.05) is 22.0 Å². The molecule has 0 aliphatic heterocycles. The maximum Gasteiger partial charge on any atom is 0.348 e. The number of nitrogens with one attached hydrogen (secondary N) is 1. The van der Waals surface area contributed by atoms with E-state index in [0.717, 1.165) is 16.7 Å². The average molecular weight is 374 g/mol. The highest BCUT2D eigenvalue weighted by Gasteiger charge is 2.12. The Labute approximate surface area is 144 Å². The molecule has 1 heterocycles. The quantitative estimate of drug-likeness (QED) is 0.757. The zero-order valence-electron chi connectivity index (χ0n) is 12.4. The van der Waals surface area contributed by atoms with Gasteiger partial charge in [-0.15, -0.1) is 11.3 Å². The van der Waals surface area contributed by atoms with Crippen LogP contribution in [0, 0.1) is 0 Å². The summed E-state index contributed by atoms with van der Waals surface area (Å²) in [7, 11) is -3.20. The number of halogens is 1. The summed E-state index contributed by atoms with van der Waals surface area (Å²) in [5.41, 5.74) is 0.747. The molecule has 5 nitrogen and oxygen atoms in total. The van der Waals surface area contributed by atoms with Crippen LogP contribution < -0.4 is 4.72 Å². The van der Waals surface area contributed by atoms with Gasteiger partial charge in [-0.3, -0.25) is 0 Å². The van der Waals surface area contributed by atoms with Crippen LogP contribution in [0.25, 0.3) is 0 Å². The molecule has 0 amide bonds. The maximum atomic E-state index is 12.0. The van der Waals surface area contributed by atoms with Gasteiger partial charge in [0.2, 0.25) is 10.0 Å². The largest absolute Gasteiger partial charge is 0.457 e. The number of ether oxygens (including phenoxy) is 1. The van der Waals surface area contributed by atoms with Crippen molar-refractivity contribution in [3.63, 3.8) is 0 Å². The molecular weight excluding hydrogens is 358 g/mol. The van der Waals surface area contributed by atoms with Crippen LogP contribution >= 0.6 is 22.9 Å². The van der Waals surface area contributed by atoms with E-state index in [-0.39, 0.29) is 6.61 Å². The highest BCUT2D eigenvalue weighted by atomic mass is 35.5. The van der Waals surface area contributed by atoms with Crippen molar-refractivity contribution in [3.05, 3.63) is 56.7 Å². The SMILES string of the molecule is CS(=O)(=O)NCCc1ccc(C(=O)OCc2ccccc2Cl)s1. The molecule has 0 aliphatic rings. The van der Waals surface area contributed by atoms with E-state index in [4.69, 9.17) is 16.3 Å². The average Bonchev–Trinajstić information content (AvgIpc) is 2.94. The number of carbonyl (C=O) groups is 1. The number of carbonyl (C=O) groups excluding carboxylic acids is 1. The van der Waals surface area contributed by atoms with Gasteiger partial charge in [0.25, 0.3) is 0 Å². The number of hydrogen-bond acceptors (Lipinski definition) is 5. The van der Waals surface area contributed by atoms with Crippen molar-refractivity contribution >= 4 is 38.9 Å². The second kappa shape index (κ2) is 7.92. The van der Waals surface area contributed by atoms with E-state index in [0.29, 0.717) is 22.9 Å². The first-order chi connectivity index (χ1) is 10.8. The fraction of sp³-hybridized carbons (Fsp3) is 0.267. The normalized spacial score (nSPS) is 11.4. The van der Waals surface area contributed by atoms with E-state index in [1.165, 1.54) is 11.3 Å². The molecule has 1 aromatic carbocycles. The third-order valence-corrected chi connectivity index (χ3v) is 5.14. The lowest BCUT2D eigenvalue weighted by molar-refractivity contribution is 0.0478. The Bertz CT molecular complexity index is 786. The van der Waals surface area contributed by atoms with Gasteiger partial charge in [-0.2, -0.15) is 0 Å². The molecular formula is C15H16ClNO4S2. The zero-order valence-corrected chi connectivity index (χ0v) is 14.8. The van der Waals surface area contributed by atoms with Gasteiger partial charge in [-0.1, -0.05) is 29.8 Å². The van der Waals surface area contributed by atoms with Crippen molar-refractivity contribution in [1.82, 2.24) is 4.72 Å². The molecule has 0 spiro atoms. The standard InChI is InChI=1S/C15H16ClNO4S2/c1-23(19,20)17-9-8-12-6-7-14(22-12)15(18)21-10-11-4-2-3-5-13(11)16/h2-7,17H,8-10H2,1H3. The summed E-state index contributed by atoms with van der Waals surface area (Å²) in [4.78, 5) is 13.4. The fourth-order valence-corrected chi connectivity index (χ4v) is 3.38. The summed E-state index contributed by atoms with van der Waals surface area (Å²) < 4.78 is 29.6. The van der Waals surface area contributed by atoms with E-state index in [2.05, 4.69) is 4.72 Å². The minimum Gasteiger partial charge on any atom is -0.457 e. The van der Waals surface area contributed by atoms with Crippen molar-refractivity contribution in [3.8, 4) is 0 Å². The van der Waals surface area contributed by atoms with Gasteiger partial charge in [0.1, 0.15) is 11.5 Å². The molecule has 0 atom stereocenters. The summed E-state index contributed by atoms with van der Waals surface area (Å²) in [6.45, 7) is 0.412. The lowest BCUT2D eigenvalue weighted by Gasteiger charge is -2.05. The first kappa shape index (κ1) is 17.9. The minimum atomic E-state index is -3.20. The van der Waals surface area contributed by atoms with Gasteiger partial charge in [-0.25, -0.2) is 17.9 Å². The summed E-state index contributed by atoms with van der Waals surface area (Å²) >= 11 is 7.30. The van der Waals surface area contributed by atoms with Gasteiger partial charge in [0.05, 0.1) is 6.26 Å². The van der Waals surface area contributed by atoms with Crippen LogP contribution in [-0.4, -0.2) is 27.2 Å². The highest BCUT2D eigenvalue weighted by Crippen LogP contribution is 2.20. The van der Waals surface area contributed by atoms with E-state index in [1.807, 2.05) is 12.1 Å². The molecule has 0 fully saturated rings. The number of benzene rings is 1. The van der Waals surface area contributed by atoms with Crippen LogP contribution in [0.15, 0.2) is 36.4 Å². The van der Waals surface area contributed by atoms with E-state index >= 15 is 0 Å². The number of rotatable bonds is 7. The Hall–Kier alpha value is -1.41. The third kappa shape index (κ3) is 5.95. The third-order valence-electron chi connectivity index (χ3n) is 2.92. The van der Waals surface area contributed by atoms with Gasteiger partial charge < -0.3 is 4.74 Å². The van der Waals surface area contributed by atoms with E-state index < -0.39 is 16.0 Å². The number of hydrogen-bond donors (Lipinski definition) is 1. The monoisotopic (exact) mass is 373 g/mol. The molecule has 0 saturated heterocycles. The fourth-order valence-electron chi connectivity index (χ4n) is 1.81. The second-order valence-electron chi connectivity index (χ2n) is 4.85. The molecule has 8 heteroatoms. The predicted molar refractivity (Wildman–Crippen MR) is 91.4 cm³/mol. The molecule has 2 aromatic rings. The first-order valence-electron chi connectivity index (χ1n) is 6.79. The second-order valence-corrected chi connectivity index (χ2v) is 8.26. The Kier molecular flexibility index (Phi) is 6.17. The van der Waals surface area contributed by atoms with E-state index in [1.54, 1.807) is 24.3 Å². The number of sulfonamides is 1. The summed E-state index contributed by atoms with van der Waals surface area (Å²) in [6, 6.07) is 10.6. The van der Waals surface area contributed by atoms with Gasteiger partial charge in [0.15, 0.2) is 0 Å². The molecule has 1 aromatic heterocycles. The predicted octanol–water partition coefficient (Wildman–Crippen LogP) is 2.85. The van der Waals surface area contributed by atoms with Crippen LogP contribution in [0.4, 0.5) is 0 Å². The molecule has 124 valence electrons. The first-order valence-corrected chi connectivity index (χ1v) is 9.87. The number of esters is 1. The van der Waals surface area contributed by atoms with Crippen LogP contribution in [0.2, 0.25) is 5.02 Å². The Balaban J connectivity index is 1.87. The zero-order chi connectivity index (χ0) is 16.9.